The molecule has 0 aliphatic carbocycles. The molecule has 0 radical (unpaired) electrons. The zero-order chi connectivity index (χ0) is 26.9. The molecule has 0 bridgehead atoms. The zero-order valence-electron chi connectivity index (χ0n) is 22.7. The Bertz CT molecular complexity index is 1090. The Labute approximate surface area is 229 Å². The minimum Gasteiger partial charge on any atom is -0.493 e. The van der Waals surface area contributed by atoms with E-state index in [0.717, 1.165) is 57.4 Å². The molecule has 1 N–H and O–H groups in total. The average Bonchev–Trinajstić information content (AvgIpc) is 3.01. The first-order valence-corrected chi connectivity index (χ1v) is 13.9. The number of piperidine rings is 2. The van der Waals surface area contributed by atoms with Crippen molar-refractivity contribution in [1.29, 1.82) is 0 Å². The summed E-state index contributed by atoms with van der Waals surface area (Å²) in [5.74, 6) is 2.79. The van der Waals surface area contributed by atoms with Crippen molar-refractivity contribution in [2.75, 3.05) is 81.4 Å². The highest BCUT2D eigenvalue weighted by Crippen LogP contribution is 2.28. The molecule has 0 unspecified atom stereocenters. The number of nitrogens with zero attached hydrogens (tertiary/aromatic N) is 7. The van der Waals surface area contributed by atoms with Crippen LogP contribution in [0.15, 0.2) is 23.3 Å². The number of carbonyl (C=O) groups is 1. The van der Waals surface area contributed by atoms with Crippen molar-refractivity contribution < 1.29 is 19.0 Å². The highest BCUT2D eigenvalue weighted by molar-refractivity contribution is 5.81. The Hall–Kier alpha value is -3.67. The number of hydrazone groups is 1. The van der Waals surface area contributed by atoms with Gasteiger partial charge in [-0.1, -0.05) is 0 Å². The molecule has 3 aliphatic heterocycles. The first kappa shape index (κ1) is 26.9. The molecular formula is C27H38N8O4. The van der Waals surface area contributed by atoms with E-state index in [9.17, 15) is 4.79 Å². The minimum atomic E-state index is -0.0691. The molecule has 39 heavy (non-hydrogen) atoms. The second-order valence-electron chi connectivity index (χ2n) is 9.92. The molecule has 0 saturated carbocycles. The van der Waals surface area contributed by atoms with Gasteiger partial charge >= 0.3 is 0 Å². The number of rotatable bonds is 9. The Balaban J connectivity index is 1.24. The maximum Gasteiger partial charge on any atom is 0.260 e. The van der Waals surface area contributed by atoms with Crippen LogP contribution in [0.25, 0.3) is 0 Å². The lowest BCUT2D eigenvalue weighted by Crippen LogP contribution is -2.43. The number of amides is 1. The minimum absolute atomic E-state index is 0.0521. The fraction of sp³-hybridized carbons (Fsp3) is 0.593. The monoisotopic (exact) mass is 538 g/mol. The third-order valence-electron chi connectivity index (χ3n) is 7.17. The van der Waals surface area contributed by atoms with Gasteiger partial charge in [-0.3, -0.25) is 4.79 Å². The molecule has 0 atom stereocenters. The Morgan fingerprint density at radius 3 is 2.18 bits per heavy atom. The fourth-order valence-corrected chi connectivity index (χ4v) is 4.97. The van der Waals surface area contributed by atoms with E-state index in [0.29, 0.717) is 55.6 Å². The lowest BCUT2D eigenvalue weighted by atomic mass is 10.1. The van der Waals surface area contributed by atoms with Crippen molar-refractivity contribution in [1.82, 2.24) is 19.9 Å². The lowest BCUT2D eigenvalue weighted by molar-refractivity contribution is -0.137. The number of carbonyl (C=O) groups excluding carboxylic acids is 1. The Morgan fingerprint density at radius 1 is 0.923 bits per heavy atom. The van der Waals surface area contributed by atoms with Crippen LogP contribution in [-0.4, -0.2) is 98.2 Å². The van der Waals surface area contributed by atoms with Gasteiger partial charge in [0.15, 0.2) is 18.1 Å². The molecule has 4 heterocycles. The molecule has 1 amide bonds. The highest BCUT2D eigenvalue weighted by atomic mass is 16.5. The molecule has 12 heteroatoms. The highest BCUT2D eigenvalue weighted by Gasteiger charge is 2.21. The van der Waals surface area contributed by atoms with Crippen LogP contribution in [-0.2, 0) is 9.53 Å². The van der Waals surface area contributed by atoms with Crippen molar-refractivity contribution in [3.05, 3.63) is 23.8 Å². The van der Waals surface area contributed by atoms with E-state index in [-0.39, 0.29) is 12.5 Å². The number of morpholine rings is 1. The first-order chi connectivity index (χ1) is 19.2. The van der Waals surface area contributed by atoms with Gasteiger partial charge in [0.05, 0.1) is 26.5 Å². The summed E-state index contributed by atoms with van der Waals surface area (Å²) in [5.41, 5.74) is 3.80. The average molecular weight is 539 g/mol. The predicted molar refractivity (Wildman–Crippen MR) is 149 cm³/mol. The van der Waals surface area contributed by atoms with E-state index >= 15 is 0 Å². The molecular weight excluding hydrogens is 500 g/mol. The summed E-state index contributed by atoms with van der Waals surface area (Å²) in [4.78, 5) is 32.8. The molecule has 2 aromatic rings. The maximum absolute atomic E-state index is 12.4. The van der Waals surface area contributed by atoms with Crippen molar-refractivity contribution in [3.63, 3.8) is 0 Å². The van der Waals surface area contributed by atoms with E-state index in [1.165, 1.54) is 12.8 Å². The normalized spacial score (nSPS) is 18.3. The van der Waals surface area contributed by atoms with Gasteiger partial charge < -0.3 is 28.9 Å². The number of hydrogen-bond acceptors (Lipinski definition) is 11. The van der Waals surface area contributed by atoms with Crippen LogP contribution in [0.4, 0.5) is 17.8 Å². The van der Waals surface area contributed by atoms with Crippen LogP contribution in [0.2, 0.25) is 0 Å². The predicted octanol–water partition coefficient (Wildman–Crippen LogP) is 2.54. The molecule has 3 saturated heterocycles. The SMILES string of the molecule is COc1cc(/C=N\Nc2nc(N3CCCCC3)nc(N3CCCCC3)n2)ccc1OCC(=O)N1CCOCC1. The number of ether oxygens (including phenoxy) is 3. The van der Waals surface area contributed by atoms with E-state index in [4.69, 9.17) is 19.2 Å². The van der Waals surface area contributed by atoms with E-state index in [2.05, 4.69) is 30.3 Å². The maximum atomic E-state index is 12.4. The van der Waals surface area contributed by atoms with Crippen LogP contribution in [0.3, 0.4) is 0 Å². The molecule has 1 aromatic carbocycles. The third-order valence-corrected chi connectivity index (χ3v) is 7.17. The van der Waals surface area contributed by atoms with Crippen molar-refractivity contribution in [2.24, 2.45) is 5.10 Å². The summed E-state index contributed by atoms with van der Waals surface area (Å²) >= 11 is 0. The zero-order valence-corrected chi connectivity index (χ0v) is 22.7. The van der Waals surface area contributed by atoms with Gasteiger partial charge in [-0.2, -0.15) is 20.1 Å². The van der Waals surface area contributed by atoms with Crippen molar-refractivity contribution in [2.45, 2.75) is 38.5 Å². The van der Waals surface area contributed by atoms with Gasteiger partial charge in [0.2, 0.25) is 17.8 Å². The summed E-state index contributed by atoms with van der Waals surface area (Å²) in [5, 5.41) is 4.39. The largest absolute Gasteiger partial charge is 0.493 e. The molecule has 0 spiro atoms. The molecule has 3 fully saturated rings. The molecule has 210 valence electrons. The fourth-order valence-electron chi connectivity index (χ4n) is 4.97. The second kappa shape index (κ2) is 13.4. The first-order valence-electron chi connectivity index (χ1n) is 13.9. The molecule has 5 rings (SSSR count). The van der Waals surface area contributed by atoms with E-state index in [1.54, 1.807) is 24.3 Å². The van der Waals surface area contributed by atoms with E-state index in [1.807, 2.05) is 12.1 Å². The van der Waals surface area contributed by atoms with Crippen molar-refractivity contribution >= 4 is 30.0 Å². The molecule has 1 aromatic heterocycles. The van der Waals surface area contributed by atoms with Crippen LogP contribution in [0.5, 0.6) is 11.5 Å². The number of aromatic nitrogens is 3. The summed E-state index contributed by atoms with van der Waals surface area (Å²) in [6, 6.07) is 5.44. The molecule has 3 aliphatic rings. The van der Waals surface area contributed by atoms with Crippen LogP contribution in [0.1, 0.15) is 44.1 Å². The Morgan fingerprint density at radius 2 is 1.56 bits per heavy atom. The quantitative estimate of drug-likeness (QED) is 0.377. The van der Waals surface area contributed by atoms with E-state index < -0.39 is 0 Å². The Kier molecular flexibility index (Phi) is 9.26. The summed E-state index contributed by atoms with van der Waals surface area (Å²) in [6.07, 6.45) is 8.75. The lowest BCUT2D eigenvalue weighted by Gasteiger charge is -2.30. The summed E-state index contributed by atoms with van der Waals surface area (Å²) < 4.78 is 16.6. The van der Waals surface area contributed by atoms with Gasteiger partial charge in [0.25, 0.3) is 5.91 Å². The molecule has 12 nitrogen and oxygen atoms in total. The van der Waals surface area contributed by atoms with Crippen LogP contribution < -0.4 is 24.7 Å². The number of anilines is 3. The number of hydrogen-bond donors (Lipinski definition) is 1. The van der Waals surface area contributed by atoms with Crippen LogP contribution in [0, 0.1) is 0 Å². The smallest absolute Gasteiger partial charge is 0.260 e. The second-order valence-corrected chi connectivity index (χ2v) is 9.92. The van der Waals surface area contributed by atoms with Crippen LogP contribution >= 0.6 is 0 Å². The van der Waals surface area contributed by atoms with Gasteiger partial charge in [-0.15, -0.1) is 0 Å². The number of methoxy groups -OCH3 is 1. The number of nitrogens with one attached hydrogen (secondary N) is 1. The number of benzene rings is 1. The topological polar surface area (TPSA) is 118 Å². The standard InChI is InChI=1S/C27H38N8O4/c1-37-23-18-21(8-9-22(23)39-20-24(36)33-14-16-38-17-15-33)19-28-32-25-29-26(34-10-4-2-5-11-34)31-27(30-25)35-12-6-3-7-13-35/h8-9,18-19H,2-7,10-17,20H2,1H3,(H,29,30,31,32)/b28-19-. The summed E-state index contributed by atoms with van der Waals surface area (Å²) in [6.45, 7) is 6.06. The van der Waals surface area contributed by atoms with Gasteiger partial charge in [-0.25, -0.2) is 5.43 Å². The third kappa shape index (κ3) is 7.25. The van der Waals surface area contributed by atoms with Crippen molar-refractivity contribution in [3.8, 4) is 11.5 Å². The van der Waals surface area contributed by atoms with Gasteiger partial charge in [-0.05, 0) is 62.3 Å². The summed E-state index contributed by atoms with van der Waals surface area (Å²) in [7, 11) is 1.57. The van der Waals surface area contributed by atoms with Gasteiger partial charge in [0, 0.05) is 39.3 Å². The van der Waals surface area contributed by atoms with Gasteiger partial charge in [0.1, 0.15) is 0 Å².